The Morgan fingerprint density at radius 1 is 0.731 bits per heavy atom. The molecule has 0 saturated heterocycles. The maximum atomic E-state index is 7.46. The quantitative estimate of drug-likeness (QED) is 0.413. The van der Waals surface area contributed by atoms with E-state index in [1.807, 2.05) is 0 Å². The molecule has 0 unspecified atom stereocenters. The monoisotopic (exact) mass is 376 g/mol. The second-order valence-electron chi connectivity index (χ2n) is 11.9. The van der Waals surface area contributed by atoms with Crippen molar-refractivity contribution in [3.05, 3.63) is 0 Å². The van der Waals surface area contributed by atoms with Gasteiger partial charge in [-0.15, -0.1) is 0 Å². The van der Waals surface area contributed by atoms with Gasteiger partial charge in [-0.3, -0.25) is 0 Å². The summed E-state index contributed by atoms with van der Waals surface area (Å²) in [6, 6.07) is 0. The summed E-state index contributed by atoms with van der Waals surface area (Å²) in [5.74, 6) is 7.21. The average molecular weight is 377 g/mol. The van der Waals surface area contributed by atoms with Gasteiger partial charge in [0.2, 0.25) is 0 Å². The summed E-state index contributed by atoms with van der Waals surface area (Å²) in [6.07, 6.45) is 11.8. The van der Waals surface area contributed by atoms with Crippen LogP contribution in [-0.4, -0.2) is 6.13 Å². The Morgan fingerprint density at radius 3 is 1.42 bits per heavy atom. The zero-order valence-corrected chi connectivity index (χ0v) is 19.0. The lowest BCUT2D eigenvalue weighted by Crippen LogP contribution is -2.59. The molecule has 0 heterocycles. The number of halogens is 1. The largest absolute Gasteiger partial charge is 0.257 e. The lowest BCUT2D eigenvalue weighted by molar-refractivity contribution is -0.114. The van der Waals surface area contributed by atoms with Crippen LogP contribution in [0, 0.1) is 46.3 Å². The van der Waals surface area contributed by atoms with E-state index in [0.717, 1.165) is 47.1 Å². The van der Waals surface area contributed by atoms with E-state index in [2.05, 4.69) is 41.5 Å². The molecular formula is C24H42BCl. The van der Waals surface area contributed by atoms with Crippen LogP contribution in [0.15, 0.2) is 0 Å². The fraction of sp³-hybridized carbons (Fsp3) is 1.00. The molecule has 0 spiro atoms. The molecule has 0 aliphatic heterocycles. The Bertz CT molecular complexity index is 480. The molecule has 0 aromatic carbocycles. The van der Waals surface area contributed by atoms with Crippen molar-refractivity contribution < 1.29 is 0 Å². The highest BCUT2D eigenvalue weighted by molar-refractivity contribution is 7.08. The fourth-order valence-corrected chi connectivity index (χ4v) is 9.10. The summed E-state index contributed by atoms with van der Waals surface area (Å²) in [7, 11) is 0. The molecule has 0 radical (unpaired) electrons. The zero-order valence-electron chi connectivity index (χ0n) is 18.2. The predicted octanol–water partition coefficient (Wildman–Crippen LogP) is 7.92. The topological polar surface area (TPSA) is 0 Å². The molecule has 6 fully saturated rings. The van der Waals surface area contributed by atoms with Gasteiger partial charge >= 0.3 is 0 Å². The van der Waals surface area contributed by atoms with Crippen LogP contribution in [0.1, 0.15) is 92.9 Å². The molecule has 4 bridgehead atoms. The summed E-state index contributed by atoms with van der Waals surface area (Å²) in [4.78, 5) is 0. The van der Waals surface area contributed by atoms with Crippen molar-refractivity contribution in [1.29, 1.82) is 0 Å². The molecule has 0 N–H and O–H groups in total. The van der Waals surface area contributed by atoms with E-state index < -0.39 is 0 Å². The third-order valence-corrected chi connectivity index (χ3v) is 11.0. The predicted molar refractivity (Wildman–Crippen MR) is 116 cm³/mol. The number of rotatable bonds is 6. The normalized spacial score (nSPS) is 47.7. The number of hydrogen-bond acceptors (Lipinski definition) is 0. The number of hydrogen-bond donors (Lipinski definition) is 0. The minimum atomic E-state index is 0.450. The molecular weight excluding hydrogens is 335 g/mol. The zero-order chi connectivity index (χ0) is 18.9. The molecule has 6 aliphatic carbocycles. The Morgan fingerprint density at radius 2 is 1.12 bits per heavy atom. The first kappa shape index (κ1) is 19.7. The van der Waals surface area contributed by atoms with E-state index in [1.165, 1.54) is 51.4 Å². The van der Waals surface area contributed by atoms with Gasteiger partial charge in [0.05, 0.1) is 0 Å². The van der Waals surface area contributed by atoms with Crippen molar-refractivity contribution in [2.75, 3.05) is 0 Å². The molecule has 6 rings (SSSR count). The Balaban J connectivity index is 1.54. The van der Waals surface area contributed by atoms with Crippen molar-refractivity contribution in [3.8, 4) is 0 Å². The Labute approximate surface area is 168 Å². The van der Waals surface area contributed by atoms with Gasteiger partial charge in [0.25, 0.3) is 6.13 Å². The highest BCUT2D eigenvalue weighted by Gasteiger charge is 2.63. The maximum Gasteiger partial charge on any atom is 0.257 e. The van der Waals surface area contributed by atoms with E-state index in [9.17, 15) is 0 Å². The van der Waals surface area contributed by atoms with E-state index in [4.69, 9.17) is 11.5 Å². The van der Waals surface area contributed by atoms with Gasteiger partial charge in [-0.25, -0.2) is 0 Å². The van der Waals surface area contributed by atoms with Crippen LogP contribution in [0.3, 0.4) is 0 Å². The summed E-state index contributed by atoms with van der Waals surface area (Å²) in [5, 5.41) is 0. The first-order chi connectivity index (χ1) is 12.2. The third kappa shape index (κ3) is 2.68. The van der Waals surface area contributed by atoms with Gasteiger partial charge < -0.3 is 0 Å². The van der Waals surface area contributed by atoms with Crippen LogP contribution in [0.5, 0.6) is 0 Å². The van der Waals surface area contributed by atoms with E-state index in [-0.39, 0.29) is 0 Å². The van der Waals surface area contributed by atoms with Gasteiger partial charge in [0.15, 0.2) is 0 Å². The van der Waals surface area contributed by atoms with E-state index in [0.29, 0.717) is 17.0 Å². The summed E-state index contributed by atoms with van der Waals surface area (Å²) in [6.45, 7) is 15.0. The molecule has 8 atom stereocenters. The summed E-state index contributed by atoms with van der Waals surface area (Å²) >= 11 is 7.46. The third-order valence-electron chi connectivity index (χ3n) is 10.4. The highest BCUT2D eigenvalue weighted by atomic mass is 35.5. The van der Waals surface area contributed by atoms with E-state index in [1.54, 1.807) is 0 Å². The lowest BCUT2D eigenvalue weighted by Gasteiger charge is -2.66. The second kappa shape index (κ2) is 6.71. The van der Waals surface area contributed by atoms with Crippen molar-refractivity contribution in [2.45, 2.75) is 105 Å². The van der Waals surface area contributed by atoms with Crippen molar-refractivity contribution in [3.63, 3.8) is 0 Å². The van der Waals surface area contributed by atoms with Crippen molar-refractivity contribution in [2.24, 2.45) is 46.3 Å². The van der Waals surface area contributed by atoms with Crippen LogP contribution in [0.2, 0.25) is 11.6 Å². The fourth-order valence-electron chi connectivity index (χ4n) is 8.52. The minimum Gasteiger partial charge on any atom is -0.195 e. The van der Waals surface area contributed by atoms with Crippen LogP contribution in [0.4, 0.5) is 0 Å². The summed E-state index contributed by atoms with van der Waals surface area (Å²) in [5.41, 5.74) is 1.18. The van der Waals surface area contributed by atoms with Gasteiger partial charge in [0.1, 0.15) is 0 Å². The average Bonchev–Trinajstić information content (AvgIpc) is 2.61. The van der Waals surface area contributed by atoms with Crippen molar-refractivity contribution in [1.82, 2.24) is 0 Å². The van der Waals surface area contributed by atoms with Crippen LogP contribution < -0.4 is 0 Å². The van der Waals surface area contributed by atoms with Crippen molar-refractivity contribution >= 4 is 17.6 Å². The SMILES string of the molecule is CCC[C@@H]1[C@H]2C[C@@H](C[C@H]1B(Cl)[C@@H]1C[C@@H]3C[C@H]([C@H]1CCC)C3(C)C)C2(C)C. The molecule has 6 saturated carbocycles. The second-order valence-corrected chi connectivity index (χ2v) is 12.4. The Hall–Kier alpha value is 0.355. The van der Waals surface area contributed by atoms with Gasteiger partial charge in [-0.05, 0) is 70.8 Å². The molecule has 2 heteroatoms. The molecule has 0 amide bonds. The van der Waals surface area contributed by atoms with Gasteiger partial charge in [-0.2, -0.15) is 11.5 Å². The Kier molecular flexibility index (Phi) is 5.07. The number of fused-ring (bicyclic) bond motifs is 4. The van der Waals surface area contributed by atoms with E-state index >= 15 is 0 Å². The maximum absolute atomic E-state index is 7.46. The summed E-state index contributed by atoms with van der Waals surface area (Å²) < 4.78 is 0. The van der Waals surface area contributed by atoms with Gasteiger partial charge in [-0.1, -0.05) is 80.1 Å². The first-order valence-corrected chi connectivity index (χ1v) is 12.3. The first-order valence-electron chi connectivity index (χ1n) is 11.9. The standard InChI is InChI=1S/C24H42BCl/c1-7-9-17-19-11-15(23(19,3)4)13-21(17)25(26)22-14-16-12-20(24(16,5)6)18(22)10-8-2/h15-22H,7-14H2,1-6H3/t15-,16-,17+,18+,19+,20+,21+,22+/m0/s1. The lowest BCUT2D eigenvalue weighted by atomic mass is 9.29. The molecule has 0 aromatic heterocycles. The molecule has 148 valence electrons. The van der Waals surface area contributed by atoms with Crippen LogP contribution >= 0.6 is 11.5 Å². The molecule has 0 nitrogen and oxygen atoms in total. The molecule has 0 aromatic rings. The highest BCUT2D eigenvalue weighted by Crippen LogP contribution is 2.70. The van der Waals surface area contributed by atoms with Crippen LogP contribution in [0.25, 0.3) is 0 Å². The minimum absolute atomic E-state index is 0.450. The van der Waals surface area contributed by atoms with Crippen LogP contribution in [-0.2, 0) is 0 Å². The smallest absolute Gasteiger partial charge is 0.195 e. The molecule has 6 aliphatic rings. The van der Waals surface area contributed by atoms with Gasteiger partial charge in [0, 0.05) is 0 Å². The molecule has 26 heavy (non-hydrogen) atoms.